The molecule has 0 aliphatic carbocycles. The highest BCUT2D eigenvalue weighted by Gasteiger charge is 2.26. The number of nitrogens with zero attached hydrogens (tertiary/aromatic N) is 2. The van der Waals surface area contributed by atoms with Crippen LogP contribution in [0.5, 0.6) is 0 Å². The van der Waals surface area contributed by atoms with Gasteiger partial charge in [0, 0.05) is 37.4 Å². The third-order valence-electron chi connectivity index (χ3n) is 4.80. The molecular formula is C22H27N3O5S. The Hall–Kier alpha value is -3.07. The third-order valence-corrected chi connectivity index (χ3v) is 6.20. The van der Waals surface area contributed by atoms with Gasteiger partial charge in [0.25, 0.3) is 15.9 Å². The molecule has 0 spiro atoms. The number of hydrogen-bond donors (Lipinski definition) is 1. The number of nitrogens with one attached hydrogen (secondary N) is 1. The molecule has 166 valence electrons. The summed E-state index contributed by atoms with van der Waals surface area (Å²) in [7, 11) is -3.74. The highest BCUT2D eigenvalue weighted by atomic mass is 32.2. The van der Waals surface area contributed by atoms with Crippen LogP contribution in [0, 0.1) is 5.92 Å². The van der Waals surface area contributed by atoms with Crippen LogP contribution in [0.25, 0.3) is 0 Å². The van der Waals surface area contributed by atoms with Crippen molar-refractivity contribution in [3.63, 3.8) is 0 Å². The van der Waals surface area contributed by atoms with Crippen LogP contribution in [-0.2, 0) is 14.8 Å². The van der Waals surface area contributed by atoms with E-state index in [-0.39, 0.29) is 22.8 Å². The largest absolute Gasteiger partial charge is 0.449 e. The number of ether oxygens (including phenoxy) is 1. The fraction of sp³-hybridized carbons (Fsp3) is 0.364. The van der Waals surface area contributed by atoms with Gasteiger partial charge in [-0.1, -0.05) is 32.0 Å². The Morgan fingerprint density at radius 2 is 1.52 bits per heavy atom. The molecule has 3 rings (SSSR count). The van der Waals surface area contributed by atoms with E-state index in [9.17, 15) is 18.0 Å². The number of carbonyl (C=O) groups excluding carboxylic acids is 2. The molecule has 0 bridgehead atoms. The predicted octanol–water partition coefficient (Wildman–Crippen LogP) is 3.04. The van der Waals surface area contributed by atoms with Crippen molar-refractivity contribution >= 4 is 27.7 Å². The number of rotatable bonds is 6. The number of piperazine rings is 1. The van der Waals surface area contributed by atoms with E-state index in [1.54, 1.807) is 40.1 Å². The highest BCUT2D eigenvalue weighted by Crippen LogP contribution is 2.17. The van der Waals surface area contributed by atoms with Gasteiger partial charge in [0.05, 0.1) is 11.5 Å². The van der Waals surface area contributed by atoms with Crippen molar-refractivity contribution in [2.24, 2.45) is 5.92 Å². The molecule has 2 amide bonds. The summed E-state index contributed by atoms with van der Waals surface area (Å²) < 4.78 is 32.8. The summed E-state index contributed by atoms with van der Waals surface area (Å²) in [5.41, 5.74) is 0.863. The van der Waals surface area contributed by atoms with Crippen LogP contribution in [0.15, 0.2) is 59.5 Å². The lowest BCUT2D eigenvalue weighted by molar-refractivity contribution is 0.0535. The van der Waals surface area contributed by atoms with Gasteiger partial charge in [-0.05, 0) is 42.3 Å². The van der Waals surface area contributed by atoms with Crippen molar-refractivity contribution in [2.75, 3.05) is 37.5 Å². The fourth-order valence-electron chi connectivity index (χ4n) is 3.10. The Bertz CT molecular complexity index is 999. The maximum Gasteiger partial charge on any atom is 0.409 e. The van der Waals surface area contributed by atoms with Crippen LogP contribution in [0.2, 0.25) is 0 Å². The zero-order chi connectivity index (χ0) is 22.4. The SMILES string of the molecule is CC(C)COC(=O)N1CCN(C(=O)c2ccc(S(=O)(=O)Nc3ccccc3)cc2)CC1. The van der Waals surface area contributed by atoms with E-state index in [1.807, 2.05) is 13.8 Å². The summed E-state index contributed by atoms with van der Waals surface area (Å²) in [5, 5.41) is 0. The molecule has 0 unspecified atom stereocenters. The average molecular weight is 446 g/mol. The summed E-state index contributed by atoms with van der Waals surface area (Å²) in [6.07, 6.45) is -0.360. The summed E-state index contributed by atoms with van der Waals surface area (Å²) in [5.74, 6) is 0.0664. The van der Waals surface area contributed by atoms with Gasteiger partial charge >= 0.3 is 6.09 Å². The lowest BCUT2D eigenvalue weighted by Crippen LogP contribution is -2.50. The van der Waals surface area contributed by atoms with Gasteiger partial charge in [-0.15, -0.1) is 0 Å². The van der Waals surface area contributed by atoms with Crippen molar-refractivity contribution in [1.82, 2.24) is 9.80 Å². The molecule has 0 atom stereocenters. The van der Waals surface area contributed by atoms with Gasteiger partial charge in [0.15, 0.2) is 0 Å². The second kappa shape index (κ2) is 9.82. The zero-order valence-electron chi connectivity index (χ0n) is 17.7. The summed E-state index contributed by atoms with van der Waals surface area (Å²) in [6.45, 7) is 5.89. The van der Waals surface area contributed by atoms with E-state index in [0.717, 1.165) is 0 Å². The van der Waals surface area contributed by atoms with Gasteiger partial charge in [0.1, 0.15) is 0 Å². The van der Waals surface area contributed by atoms with Gasteiger partial charge < -0.3 is 14.5 Å². The molecule has 1 saturated heterocycles. The van der Waals surface area contributed by atoms with Crippen molar-refractivity contribution in [1.29, 1.82) is 0 Å². The second-order valence-electron chi connectivity index (χ2n) is 7.75. The van der Waals surface area contributed by atoms with Crippen LogP contribution in [0.1, 0.15) is 24.2 Å². The van der Waals surface area contributed by atoms with Crippen LogP contribution in [0.3, 0.4) is 0 Å². The van der Waals surface area contributed by atoms with Crippen molar-refractivity contribution in [3.8, 4) is 0 Å². The Morgan fingerprint density at radius 3 is 2.10 bits per heavy atom. The van der Waals surface area contributed by atoms with Crippen LogP contribution in [0.4, 0.5) is 10.5 Å². The number of hydrogen-bond acceptors (Lipinski definition) is 5. The Kier molecular flexibility index (Phi) is 7.17. The molecule has 1 aliphatic heterocycles. The first-order valence-corrected chi connectivity index (χ1v) is 11.6. The van der Waals surface area contributed by atoms with Crippen molar-refractivity contribution in [2.45, 2.75) is 18.7 Å². The number of benzene rings is 2. The monoisotopic (exact) mass is 445 g/mol. The Morgan fingerprint density at radius 1 is 0.935 bits per heavy atom. The Labute approximate surface area is 182 Å². The molecule has 8 nitrogen and oxygen atoms in total. The first-order valence-electron chi connectivity index (χ1n) is 10.1. The molecule has 2 aromatic rings. The van der Waals surface area contributed by atoms with Crippen LogP contribution in [-0.4, -0.2) is 63.0 Å². The second-order valence-corrected chi connectivity index (χ2v) is 9.43. The maximum absolute atomic E-state index is 12.8. The minimum atomic E-state index is -3.74. The van der Waals surface area contributed by atoms with E-state index in [2.05, 4.69) is 4.72 Å². The van der Waals surface area contributed by atoms with E-state index in [1.165, 1.54) is 24.3 Å². The van der Waals surface area contributed by atoms with Crippen molar-refractivity contribution in [3.05, 3.63) is 60.2 Å². The van der Waals surface area contributed by atoms with E-state index < -0.39 is 10.0 Å². The molecule has 31 heavy (non-hydrogen) atoms. The summed E-state index contributed by atoms with van der Waals surface area (Å²) >= 11 is 0. The number of carbonyl (C=O) groups is 2. The minimum Gasteiger partial charge on any atom is -0.449 e. The predicted molar refractivity (Wildman–Crippen MR) is 117 cm³/mol. The summed E-state index contributed by atoms with van der Waals surface area (Å²) in [6, 6.07) is 14.4. The topological polar surface area (TPSA) is 96.0 Å². The summed E-state index contributed by atoms with van der Waals surface area (Å²) in [4.78, 5) is 28.1. The minimum absolute atomic E-state index is 0.0746. The van der Waals surface area contributed by atoms with Gasteiger partial charge in [-0.2, -0.15) is 0 Å². The third kappa shape index (κ3) is 5.97. The molecular weight excluding hydrogens is 418 g/mol. The van der Waals surface area contributed by atoms with E-state index in [4.69, 9.17) is 4.74 Å². The molecule has 1 heterocycles. The van der Waals surface area contributed by atoms with Gasteiger partial charge in [0.2, 0.25) is 0 Å². The zero-order valence-corrected chi connectivity index (χ0v) is 18.5. The first kappa shape index (κ1) is 22.6. The molecule has 0 aromatic heterocycles. The molecule has 1 N–H and O–H groups in total. The molecule has 0 radical (unpaired) electrons. The fourth-order valence-corrected chi connectivity index (χ4v) is 4.16. The molecule has 0 saturated carbocycles. The Balaban J connectivity index is 1.58. The van der Waals surface area contributed by atoms with Crippen LogP contribution >= 0.6 is 0 Å². The number of para-hydroxylation sites is 1. The smallest absolute Gasteiger partial charge is 0.409 e. The molecule has 9 heteroatoms. The molecule has 2 aromatic carbocycles. The quantitative estimate of drug-likeness (QED) is 0.737. The van der Waals surface area contributed by atoms with Gasteiger partial charge in [-0.3, -0.25) is 9.52 Å². The first-order chi connectivity index (χ1) is 14.8. The van der Waals surface area contributed by atoms with Gasteiger partial charge in [-0.25, -0.2) is 13.2 Å². The number of sulfonamides is 1. The number of anilines is 1. The number of amides is 2. The highest BCUT2D eigenvalue weighted by molar-refractivity contribution is 7.92. The molecule has 1 fully saturated rings. The van der Waals surface area contributed by atoms with Crippen molar-refractivity contribution < 1.29 is 22.7 Å². The van der Waals surface area contributed by atoms with Crippen LogP contribution < -0.4 is 4.72 Å². The lowest BCUT2D eigenvalue weighted by atomic mass is 10.2. The lowest BCUT2D eigenvalue weighted by Gasteiger charge is -2.34. The standard InChI is InChI=1S/C22H27N3O5S/c1-17(2)16-30-22(27)25-14-12-24(13-15-25)21(26)18-8-10-20(11-9-18)31(28,29)23-19-6-4-3-5-7-19/h3-11,17,23H,12-16H2,1-2H3. The maximum atomic E-state index is 12.8. The van der Waals surface area contributed by atoms with E-state index in [0.29, 0.717) is 44.0 Å². The average Bonchev–Trinajstić information content (AvgIpc) is 2.77. The molecule has 1 aliphatic rings. The van der Waals surface area contributed by atoms with E-state index >= 15 is 0 Å². The normalized spacial score (nSPS) is 14.4.